The van der Waals surface area contributed by atoms with Crippen molar-refractivity contribution in [3.63, 3.8) is 0 Å². The van der Waals surface area contributed by atoms with Gasteiger partial charge in [0.25, 0.3) is 0 Å². The molecule has 1 aliphatic heterocycles. The summed E-state index contributed by atoms with van der Waals surface area (Å²) in [6.07, 6.45) is 5.83. The first kappa shape index (κ1) is 7.93. The summed E-state index contributed by atoms with van der Waals surface area (Å²) in [5.74, 6) is 0. The third-order valence-electron chi connectivity index (χ3n) is 3.06. The number of rotatable bonds is 1. The van der Waals surface area contributed by atoms with Gasteiger partial charge in [-0.1, -0.05) is 6.92 Å². The molecule has 2 unspecified atom stereocenters. The van der Waals surface area contributed by atoms with Crippen molar-refractivity contribution in [3.8, 4) is 0 Å². The van der Waals surface area contributed by atoms with Crippen LogP contribution in [-0.2, 0) is 4.74 Å². The van der Waals surface area contributed by atoms with Crippen molar-refractivity contribution in [2.24, 2.45) is 5.41 Å². The molecule has 2 fully saturated rings. The van der Waals surface area contributed by atoms with E-state index in [0.29, 0.717) is 16.8 Å². The van der Waals surface area contributed by atoms with E-state index in [9.17, 15) is 0 Å². The predicted octanol–water partition coefficient (Wildman–Crippen LogP) is 2.26. The van der Waals surface area contributed by atoms with Gasteiger partial charge in [-0.15, -0.1) is 0 Å². The first-order valence-electron chi connectivity index (χ1n) is 4.52. The second kappa shape index (κ2) is 2.67. The standard InChI is InChI=1S/C9H16OS/c1-7(11)8-2-3-9(4-5-9)6-10-8/h7-8,11H,2-6H2,1H3. The zero-order valence-corrected chi connectivity index (χ0v) is 7.94. The Kier molecular flexibility index (Phi) is 1.92. The topological polar surface area (TPSA) is 9.23 Å². The van der Waals surface area contributed by atoms with Crippen LogP contribution in [0, 0.1) is 5.41 Å². The largest absolute Gasteiger partial charge is 0.377 e. The number of hydrogen-bond acceptors (Lipinski definition) is 2. The third-order valence-corrected chi connectivity index (χ3v) is 3.39. The van der Waals surface area contributed by atoms with Crippen molar-refractivity contribution in [1.29, 1.82) is 0 Å². The maximum absolute atomic E-state index is 5.74. The molecule has 2 aliphatic rings. The van der Waals surface area contributed by atoms with Gasteiger partial charge in [0.2, 0.25) is 0 Å². The van der Waals surface area contributed by atoms with Crippen LogP contribution in [0.5, 0.6) is 0 Å². The van der Waals surface area contributed by atoms with Gasteiger partial charge in [0.05, 0.1) is 12.7 Å². The minimum Gasteiger partial charge on any atom is -0.377 e. The van der Waals surface area contributed by atoms with Gasteiger partial charge in [0.15, 0.2) is 0 Å². The second-order valence-corrected chi connectivity index (χ2v) is 4.94. The van der Waals surface area contributed by atoms with Gasteiger partial charge in [-0.2, -0.15) is 12.6 Å². The highest BCUT2D eigenvalue weighted by Gasteiger charge is 2.46. The maximum Gasteiger partial charge on any atom is 0.0688 e. The lowest BCUT2D eigenvalue weighted by molar-refractivity contribution is -0.0229. The molecule has 64 valence electrons. The first-order valence-corrected chi connectivity index (χ1v) is 5.03. The van der Waals surface area contributed by atoms with Crippen LogP contribution in [0.3, 0.4) is 0 Å². The van der Waals surface area contributed by atoms with Crippen LogP contribution < -0.4 is 0 Å². The van der Waals surface area contributed by atoms with Crippen LogP contribution >= 0.6 is 12.6 Å². The molecular weight excluding hydrogens is 156 g/mol. The van der Waals surface area contributed by atoms with Crippen molar-refractivity contribution >= 4 is 12.6 Å². The summed E-state index contributed by atoms with van der Waals surface area (Å²) in [5, 5.41) is 0.408. The van der Waals surface area contributed by atoms with Crippen molar-refractivity contribution in [1.82, 2.24) is 0 Å². The molecule has 1 saturated carbocycles. The Morgan fingerprint density at radius 1 is 1.45 bits per heavy atom. The van der Waals surface area contributed by atoms with E-state index in [1.54, 1.807) is 0 Å². The second-order valence-electron chi connectivity index (χ2n) is 4.13. The van der Waals surface area contributed by atoms with E-state index < -0.39 is 0 Å². The molecular formula is C9H16OS. The Balaban J connectivity index is 1.84. The fraction of sp³-hybridized carbons (Fsp3) is 1.00. The van der Waals surface area contributed by atoms with E-state index in [-0.39, 0.29) is 0 Å². The Morgan fingerprint density at radius 2 is 2.18 bits per heavy atom. The quantitative estimate of drug-likeness (QED) is 0.597. The monoisotopic (exact) mass is 172 g/mol. The van der Waals surface area contributed by atoms with Crippen LogP contribution in [0.25, 0.3) is 0 Å². The SMILES string of the molecule is CC(S)C1CCC2(CC2)CO1. The maximum atomic E-state index is 5.74. The van der Waals surface area contributed by atoms with E-state index >= 15 is 0 Å². The van der Waals surface area contributed by atoms with Gasteiger partial charge in [-0.05, 0) is 31.1 Å². The highest BCUT2D eigenvalue weighted by Crippen LogP contribution is 2.52. The van der Waals surface area contributed by atoms with E-state index in [2.05, 4.69) is 19.6 Å². The zero-order chi connectivity index (χ0) is 7.90. The zero-order valence-electron chi connectivity index (χ0n) is 7.05. The van der Waals surface area contributed by atoms with Crippen LogP contribution in [0.4, 0.5) is 0 Å². The predicted molar refractivity (Wildman–Crippen MR) is 49.1 cm³/mol. The van der Waals surface area contributed by atoms with Crippen molar-refractivity contribution in [2.45, 2.75) is 44.0 Å². The van der Waals surface area contributed by atoms with Crippen LogP contribution in [-0.4, -0.2) is 18.0 Å². The number of thiol groups is 1. The fourth-order valence-electron chi connectivity index (χ4n) is 1.84. The molecule has 2 rings (SSSR count). The molecule has 1 nitrogen and oxygen atoms in total. The molecule has 0 radical (unpaired) electrons. The van der Waals surface area contributed by atoms with E-state index in [1.165, 1.54) is 25.7 Å². The van der Waals surface area contributed by atoms with Crippen molar-refractivity contribution in [3.05, 3.63) is 0 Å². The summed E-state index contributed by atoms with van der Waals surface area (Å²) in [5.41, 5.74) is 0.638. The Labute approximate surface area is 73.9 Å². The smallest absolute Gasteiger partial charge is 0.0688 e. The van der Waals surface area contributed by atoms with Crippen LogP contribution in [0.1, 0.15) is 32.6 Å². The Bertz CT molecular complexity index is 142. The van der Waals surface area contributed by atoms with Crippen LogP contribution in [0.15, 0.2) is 0 Å². The highest BCUT2D eigenvalue weighted by atomic mass is 32.1. The molecule has 2 heteroatoms. The van der Waals surface area contributed by atoms with Crippen LogP contribution in [0.2, 0.25) is 0 Å². The average Bonchev–Trinajstić information content (AvgIpc) is 2.70. The van der Waals surface area contributed by atoms with Gasteiger partial charge < -0.3 is 4.74 Å². The molecule has 1 saturated heterocycles. The molecule has 2 atom stereocenters. The summed E-state index contributed by atoms with van der Waals surface area (Å²) in [6, 6.07) is 0. The molecule has 11 heavy (non-hydrogen) atoms. The van der Waals surface area contributed by atoms with Gasteiger partial charge in [-0.25, -0.2) is 0 Å². The fourth-order valence-corrected chi connectivity index (χ4v) is 2.07. The molecule has 1 heterocycles. The number of hydrogen-bond donors (Lipinski definition) is 1. The average molecular weight is 172 g/mol. The van der Waals surface area contributed by atoms with E-state index in [1.807, 2.05) is 0 Å². The Morgan fingerprint density at radius 3 is 2.55 bits per heavy atom. The normalized spacial score (nSPS) is 37.1. The summed E-state index contributed by atoms with van der Waals surface area (Å²) in [7, 11) is 0. The third kappa shape index (κ3) is 1.57. The molecule has 1 aliphatic carbocycles. The molecule has 0 amide bonds. The minimum absolute atomic E-state index is 0.408. The highest BCUT2D eigenvalue weighted by molar-refractivity contribution is 7.81. The molecule has 0 aromatic rings. The number of ether oxygens (including phenoxy) is 1. The molecule has 0 aromatic carbocycles. The Hall–Kier alpha value is 0.310. The lowest BCUT2D eigenvalue weighted by Crippen LogP contribution is -2.32. The summed E-state index contributed by atoms with van der Waals surface area (Å²) >= 11 is 4.39. The van der Waals surface area contributed by atoms with Gasteiger partial charge in [0, 0.05) is 5.25 Å². The summed E-state index contributed by atoms with van der Waals surface area (Å²) in [4.78, 5) is 0. The molecule has 1 spiro atoms. The molecule has 0 N–H and O–H groups in total. The van der Waals surface area contributed by atoms with Gasteiger partial charge >= 0.3 is 0 Å². The minimum atomic E-state index is 0.408. The summed E-state index contributed by atoms with van der Waals surface area (Å²) < 4.78 is 5.74. The van der Waals surface area contributed by atoms with Crippen molar-refractivity contribution < 1.29 is 4.74 Å². The molecule has 0 bridgehead atoms. The van der Waals surface area contributed by atoms with Gasteiger partial charge in [0.1, 0.15) is 0 Å². The first-order chi connectivity index (χ1) is 5.22. The van der Waals surface area contributed by atoms with Crippen molar-refractivity contribution in [2.75, 3.05) is 6.61 Å². The van der Waals surface area contributed by atoms with E-state index in [4.69, 9.17) is 4.74 Å². The van der Waals surface area contributed by atoms with Gasteiger partial charge in [-0.3, -0.25) is 0 Å². The summed E-state index contributed by atoms with van der Waals surface area (Å²) in [6.45, 7) is 3.13. The molecule has 0 aromatic heterocycles. The van der Waals surface area contributed by atoms with E-state index in [0.717, 1.165) is 6.61 Å². The lowest BCUT2D eigenvalue weighted by atomic mass is 9.95. The lowest BCUT2D eigenvalue weighted by Gasteiger charge is -2.30.